The van der Waals surface area contributed by atoms with Gasteiger partial charge >= 0.3 is 0 Å². The molecule has 0 amide bonds. The van der Waals surface area contributed by atoms with Crippen LogP contribution in [0.5, 0.6) is 0 Å². The Morgan fingerprint density at radius 3 is 2.53 bits per heavy atom. The van der Waals surface area contributed by atoms with Gasteiger partial charge in [-0.1, -0.05) is 37.6 Å². The maximum Gasteiger partial charge on any atom is 0.0637 e. The van der Waals surface area contributed by atoms with Crippen molar-refractivity contribution in [1.29, 1.82) is 0 Å². The molecule has 84 valence electrons. The van der Waals surface area contributed by atoms with E-state index in [1.807, 2.05) is 24.3 Å². The molecule has 1 aromatic rings. The summed E-state index contributed by atoms with van der Waals surface area (Å²) in [6, 6.07) is 7.66. The average molecular weight is 228 g/mol. The second-order valence-corrected chi connectivity index (χ2v) is 4.54. The molecule has 1 rings (SSSR count). The molecule has 1 unspecified atom stereocenters. The second kappa shape index (κ2) is 5.99. The van der Waals surface area contributed by atoms with Crippen LogP contribution in [-0.4, -0.2) is 17.8 Å². The molecule has 0 aromatic heterocycles. The zero-order valence-electron chi connectivity index (χ0n) is 9.20. The van der Waals surface area contributed by atoms with Gasteiger partial charge in [-0.3, -0.25) is 0 Å². The predicted octanol–water partition coefficient (Wildman–Crippen LogP) is 3.16. The van der Waals surface area contributed by atoms with E-state index in [2.05, 4.69) is 19.2 Å². The fraction of sp³-hybridized carbons (Fsp3) is 0.500. The molecule has 1 atom stereocenters. The molecule has 0 saturated heterocycles. The van der Waals surface area contributed by atoms with Crippen LogP contribution in [0.3, 0.4) is 0 Å². The molecule has 0 aliphatic carbocycles. The number of hydrogen-bond acceptors (Lipinski definition) is 2. The maximum atomic E-state index is 9.22. The molecule has 1 aromatic carbocycles. The maximum absolute atomic E-state index is 9.22. The van der Waals surface area contributed by atoms with Gasteiger partial charge in [0.05, 0.1) is 17.3 Å². The van der Waals surface area contributed by atoms with Crippen molar-refractivity contribution < 1.29 is 5.11 Å². The van der Waals surface area contributed by atoms with Crippen LogP contribution in [0.25, 0.3) is 0 Å². The quantitative estimate of drug-likeness (QED) is 0.810. The molecule has 0 spiro atoms. The SMILES string of the molecule is CC(C)CC(CO)Nc1ccccc1Cl. The third kappa shape index (κ3) is 4.10. The third-order valence-electron chi connectivity index (χ3n) is 2.21. The minimum atomic E-state index is 0.0740. The molecule has 0 heterocycles. The van der Waals surface area contributed by atoms with Crippen molar-refractivity contribution in [2.24, 2.45) is 5.92 Å². The topological polar surface area (TPSA) is 32.3 Å². The zero-order chi connectivity index (χ0) is 11.3. The Balaban J connectivity index is 2.62. The van der Waals surface area contributed by atoms with Gasteiger partial charge in [-0.25, -0.2) is 0 Å². The minimum Gasteiger partial charge on any atom is -0.394 e. The van der Waals surface area contributed by atoms with Gasteiger partial charge in [-0.2, -0.15) is 0 Å². The Bertz CT molecular complexity index is 301. The van der Waals surface area contributed by atoms with E-state index in [0.29, 0.717) is 10.9 Å². The van der Waals surface area contributed by atoms with Crippen molar-refractivity contribution in [2.75, 3.05) is 11.9 Å². The molecule has 2 N–H and O–H groups in total. The van der Waals surface area contributed by atoms with Crippen LogP contribution in [0.2, 0.25) is 5.02 Å². The fourth-order valence-corrected chi connectivity index (χ4v) is 1.74. The van der Waals surface area contributed by atoms with Gasteiger partial charge in [0.15, 0.2) is 0 Å². The molecule has 0 saturated carbocycles. The molecular weight excluding hydrogens is 210 g/mol. The Kier molecular flexibility index (Phi) is 4.92. The van der Waals surface area contributed by atoms with E-state index in [9.17, 15) is 5.11 Å². The number of para-hydroxylation sites is 1. The van der Waals surface area contributed by atoms with Crippen molar-refractivity contribution in [3.05, 3.63) is 29.3 Å². The number of rotatable bonds is 5. The van der Waals surface area contributed by atoms with Gasteiger partial charge in [0.1, 0.15) is 0 Å². The summed E-state index contributed by atoms with van der Waals surface area (Å²) in [4.78, 5) is 0. The first-order chi connectivity index (χ1) is 7.13. The van der Waals surface area contributed by atoms with E-state index in [1.165, 1.54) is 0 Å². The van der Waals surface area contributed by atoms with E-state index in [1.54, 1.807) is 0 Å². The smallest absolute Gasteiger partial charge is 0.0637 e. The van der Waals surface area contributed by atoms with Gasteiger partial charge in [0.2, 0.25) is 0 Å². The number of anilines is 1. The lowest BCUT2D eigenvalue weighted by Crippen LogP contribution is -2.25. The molecule has 15 heavy (non-hydrogen) atoms. The molecular formula is C12H18ClNO. The summed E-state index contributed by atoms with van der Waals surface area (Å²) in [5.41, 5.74) is 0.888. The molecule has 2 nitrogen and oxygen atoms in total. The van der Waals surface area contributed by atoms with Crippen LogP contribution in [-0.2, 0) is 0 Å². The lowest BCUT2D eigenvalue weighted by Gasteiger charge is -2.20. The lowest BCUT2D eigenvalue weighted by molar-refractivity contribution is 0.259. The van der Waals surface area contributed by atoms with Crippen molar-refractivity contribution in [3.8, 4) is 0 Å². The van der Waals surface area contributed by atoms with Gasteiger partial charge in [0.25, 0.3) is 0 Å². The Morgan fingerprint density at radius 1 is 1.33 bits per heavy atom. The minimum absolute atomic E-state index is 0.0740. The van der Waals surface area contributed by atoms with Crippen LogP contribution < -0.4 is 5.32 Å². The predicted molar refractivity (Wildman–Crippen MR) is 65.4 cm³/mol. The van der Waals surface area contributed by atoms with Gasteiger partial charge in [-0.05, 0) is 24.5 Å². The highest BCUT2D eigenvalue weighted by Crippen LogP contribution is 2.22. The number of benzene rings is 1. The summed E-state index contributed by atoms with van der Waals surface area (Å²) in [5.74, 6) is 0.553. The van der Waals surface area contributed by atoms with Gasteiger partial charge in [-0.15, -0.1) is 0 Å². The number of nitrogens with one attached hydrogen (secondary N) is 1. The van der Waals surface area contributed by atoms with E-state index in [0.717, 1.165) is 12.1 Å². The molecule has 3 heteroatoms. The standard InChI is InChI=1S/C12H18ClNO/c1-9(2)7-10(8-15)14-12-6-4-3-5-11(12)13/h3-6,9-10,14-15H,7-8H2,1-2H3. The fourth-order valence-electron chi connectivity index (χ4n) is 1.55. The highest BCUT2D eigenvalue weighted by Gasteiger charge is 2.10. The molecule has 0 aliphatic heterocycles. The van der Waals surface area contributed by atoms with Gasteiger partial charge < -0.3 is 10.4 Å². The van der Waals surface area contributed by atoms with Crippen LogP contribution >= 0.6 is 11.6 Å². The van der Waals surface area contributed by atoms with Crippen molar-refractivity contribution in [3.63, 3.8) is 0 Å². The Morgan fingerprint density at radius 2 is 2.00 bits per heavy atom. The summed E-state index contributed by atoms with van der Waals surface area (Å²) in [7, 11) is 0. The molecule has 0 bridgehead atoms. The zero-order valence-corrected chi connectivity index (χ0v) is 9.96. The second-order valence-electron chi connectivity index (χ2n) is 4.13. The van der Waals surface area contributed by atoms with E-state index in [4.69, 9.17) is 11.6 Å². The van der Waals surface area contributed by atoms with Crippen molar-refractivity contribution in [1.82, 2.24) is 0 Å². The Hall–Kier alpha value is -0.730. The first kappa shape index (κ1) is 12.3. The van der Waals surface area contributed by atoms with Crippen molar-refractivity contribution >= 4 is 17.3 Å². The number of hydrogen-bond donors (Lipinski definition) is 2. The van der Waals surface area contributed by atoms with E-state index >= 15 is 0 Å². The molecule has 0 aliphatic rings. The lowest BCUT2D eigenvalue weighted by atomic mass is 10.0. The van der Waals surface area contributed by atoms with E-state index in [-0.39, 0.29) is 12.6 Å². The summed E-state index contributed by atoms with van der Waals surface area (Å²) >= 11 is 6.02. The third-order valence-corrected chi connectivity index (χ3v) is 2.54. The van der Waals surface area contributed by atoms with Crippen LogP contribution in [0, 0.1) is 5.92 Å². The average Bonchev–Trinajstić information content (AvgIpc) is 2.19. The monoisotopic (exact) mass is 227 g/mol. The highest BCUT2D eigenvalue weighted by atomic mass is 35.5. The molecule has 0 fully saturated rings. The van der Waals surface area contributed by atoms with Crippen LogP contribution in [0.4, 0.5) is 5.69 Å². The number of halogens is 1. The van der Waals surface area contributed by atoms with E-state index < -0.39 is 0 Å². The van der Waals surface area contributed by atoms with Crippen LogP contribution in [0.1, 0.15) is 20.3 Å². The summed E-state index contributed by atoms with van der Waals surface area (Å²) in [6.07, 6.45) is 0.932. The highest BCUT2D eigenvalue weighted by molar-refractivity contribution is 6.33. The summed E-state index contributed by atoms with van der Waals surface area (Å²) in [6.45, 7) is 4.40. The Labute approximate surface area is 96.3 Å². The van der Waals surface area contributed by atoms with Crippen molar-refractivity contribution in [2.45, 2.75) is 26.3 Å². The van der Waals surface area contributed by atoms with Gasteiger partial charge in [0, 0.05) is 6.04 Å². The first-order valence-electron chi connectivity index (χ1n) is 5.25. The summed E-state index contributed by atoms with van der Waals surface area (Å²) in [5, 5.41) is 13.2. The van der Waals surface area contributed by atoms with Crippen LogP contribution in [0.15, 0.2) is 24.3 Å². The number of aliphatic hydroxyl groups is 1. The molecule has 0 radical (unpaired) electrons. The number of aliphatic hydroxyl groups excluding tert-OH is 1. The largest absolute Gasteiger partial charge is 0.394 e. The summed E-state index contributed by atoms with van der Waals surface area (Å²) < 4.78 is 0. The normalized spacial score (nSPS) is 12.9. The first-order valence-corrected chi connectivity index (χ1v) is 5.63.